The molecule has 0 radical (unpaired) electrons. The van der Waals surface area contributed by atoms with Crippen molar-refractivity contribution in [3.05, 3.63) is 35.9 Å². The van der Waals surface area contributed by atoms with Crippen molar-refractivity contribution in [3.63, 3.8) is 0 Å². The number of hydrogen-bond acceptors (Lipinski definition) is 2. The van der Waals surface area contributed by atoms with Crippen LogP contribution in [0.3, 0.4) is 0 Å². The molecule has 0 aliphatic heterocycles. The van der Waals surface area contributed by atoms with Crippen molar-refractivity contribution in [1.82, 2.24) is 0 Å². The quantitative estimate of drug-likeness (QED) is 0.636. The van der Waals surface area contributed by atoms with Gasteiger partial charge in [-0.15, -0.1) is 0 Å². The smallest absolute Gasteiger partial charge is 0.192 e. The van der Waals surface area contributed by atoms with Crippen molar-refractivity contribution < 1.29 is 9.53 Å². The van der Waals surface area contributed by atoms with Crippen molar-refractivity contribution in [2.75, 3.05) is 0 Å². The summed E-state index contributed by atoms with van der Waals surface area (Å²) in [5.41, 5.74) is 2.97. The molecule has 0 amide bonds. The highest BCUT2D eigenvalue weighted by molar-refractivity contribution is 6.74. The molecule has 1 N–H and O–H groups in total. The standard InChI is InChI=1S/C22H34O2Si/c1-21(2,3)25(5,6)24-20-12-9-18-15-17(13-14-22(18,20)4)16-7-10-19(23)11-8-16/h7-8,10-11,13,18,20,23H,9,12,14-15H2,1-6H3/t18?,20-,22-/m0/s1. The first-order valence-electron chi connectivity index (χ1n) is 9.69. The van der Waals surface area contributed by atoms with Crippen LogP contribution in [0.25, 0.3) is 5.57 Å². The third kappa shape index (κ3) is 3.46. The Hall–Kier alpha value is -1.06. The number of benzene rings is 1. The summed E-state index contributed by atoms with van der Waals surface area (Å²) in [7, 11) is -1.73. The minimum Gasteiger partial charge on any atom is -0.508 e. The second kappa shape index (κ2) is 6.28. The second-order valence-electron chi connectivity index (χ2n) is 9.83. The van der Waals surface area contributed by atoms with Crippen molar-refractivity contribution in [2.45, 2.75) is 77.6 Å². The number of phenolic OH excluding ortho intramolecular Hbond substituents is 1. The summed E-state index contributed by atoms with van der Waals surface area (Å²) < 4.78 is 6.87. The molecule has 138 valence electrons. The molecule has 0 spiro atoms. The van der Waals surface area contributed by atoms with Crippen LogP contribution in [0, 0.1) is 11.3 Å². The van der Waals surface area contributed by atoms with Crippen LogP contribution < -0.4 is 0 Å². The molecule has 25 heavy (non-hydrogen) atoms. The van der Waals surface area contributed by atoms with E-state index < -0.39 is 8.32 Å². The molecule has 0 saturated heterocycles. The number of aromatic hydroxyl groups is 1. The van der Waals surface area contributed by atoms with Crippen LogP contribution in [-0.2, 0) is 4.43 Å². The van der Waals surface area contributed by atoms with Gasteiger partial charge in [0, 0.05) is 0 Å². The number of allylic oxidation sites excluding steroid dienone is 2. The Kier molecular flexibility index (Phi) is 4.70. The summed E-state index contributed by atoms with van der Waals surface area (Å²) in [5.74, 6) is 1.05. The molecule has 3 heteroatoms. The molecule has 2 aliphatic rings. The first-order valence-corrected chi connectivity index (χ1v) is 12.6. The maximum Gasteiger partial charge on any atom is 0.192 e. The zero-order valence-electron chi connectivity index (χ0n) is 16.7. The van der Waals surface area contributed by atoms with E-state index in [1.54, 1.807) is 12.1 Å². The maximum absolute atomic E-state index is 9.52. The lowest BCUT2D eigenvalue weighted by Crippen LogP contribution is -2.48. The minimum absolute atomic E-state index is 0.267. The Bertz CT molecular complexity index is 654. The van der Waals surface area contributed by atoms with Gasteiger partial charge in [-0.1, -0.05) is 45.9 Å². The molecule has 3 atom stereocenters. The molecular formula is C22H34O2Si. The Morgan fingerprint density at radius 1 is 1.12 bits per heavy atom. The fraction of sp³-hybridized carbons (Fsp3) is 0.636. The van der Waals surface area contributed by atoms with E-state index in [9.17, 15) is 5.11 Å². The molecule has 0 aromatic heterocycles. The van der Waals surface area contributed by atoms with Gasteiger partial charge < -0.3 is 9.53 Å². The fourth-order valence-corrected chi connectivity index (χ4v) is 5.69. The van der Waals surface area contributed by atoms with Gasteiger partial charge in [0.25, 0.3) is 0 Å². The van der Waals surface area contributed by atoms with E-state index in [0.29, 0.717) is 17.8 Å². The molecule has 2 aliphatic carbocycles. The van der Waals surface area contributed by atoms with Crippen LogP contribution >= 0.6 is 0 Å². The normalized spacial score (nSPS) is 30.1. The SMILES string of the molecule is CC(C)(C)[Si](C)(C)O[C@H]1CCC2CC(c3ccc(O)cc3)=CC[C@@]21C. The highest BCUT2D eigenvalue weighted by Crippen LogP contribution is 2.55. The van der Waals surface area contributed by atoms with Crippen LogP contribution in [0.2, 0.25) is 18.1 Å². The minimum atomic E-state index is -1.73. The molecule has 1 unspecified atom stereocenters. The van der Waals surface area contributed by atoms with Gasteiger partial charge in [-0.05, 0) is 78.4 Å². The molecule has 0 heterocycles. The van der Waals surface area contributed by atoms with E-state index in [2.05, 4.69) is 46.9 Å². The molecule has 1 fully saturated rings. The number of hydrogen-bond donors (Lipinski definition) is 1. The summed E-state index contributed by atoms with van der Waals surface area (Å²) in [4.78, 5) is 0. The average Bonchev–Trinajstić information content (AvgIpc) is 2.83. The Balaban J connectivity index is 1.78. The third-order valence-corrected chi connectivity index (χ3v) is 11.7. The van der Waals surface area contributed by atoms with E-state index in [4.69, 9.17) is 4.43 Å². The lowest BCUT2D eigenvalue weighted by Gasteiger charge is -2.45. The molecule has 1 saturated carbocycles. The molecule has 1 aromatic carbocycles. The van der Waals surface area contributed by atoms with Crippen LogP contribution in [-0.4, -0.2) is 19.5 Å². The van der Waals surface area contributed by atoms with Gasteiger partial charge >= 0.3 is 0 Å². The lowest BCUT2D eigenvalue weighted by molar-refractivity contribution is 0.0487. The monoisotopic (exact) mass is 358 g/mol. The highest BCUT2D eigenvalue weighted by atomic mass is 28.4. The van der Waals surface area contributed by atoms with E-state index in [1.165, 1.54) is 24.0 Å². The molecule has 2 nitrogen and oxygen atoms in total. The Labute approximate surface area is 154 Å². The summed E-state index contributed by atoms with van der Waals surface area (Å²) >= 11 is 0. The summed E-state index contributed by atoms with van der Waals surface area (Å²) in [5, 5.41) is 9.79. The number of phenols is 1. The van der Waals surface area contributed by atoms with Crippen LogP contribution in [0.4, 0.5) is 0 Å². The maximum atomic E-state index is 9.52. The Morgan fingerprint density at radius 2 is 1.76 bits per heavy atom. The van der Waals surface area contributed by atoms with Gasteiger partial charge in [-0.25, -0.2) is 0 Å². The summed E-state index contributed by atoms with van der Waals surface area (Å²) in [6.07, 6.45) is 7.54. The zero-order valence-corrected chi connectivity index (χ0v) is 17.7. The van der Waals surface area contributed by atoms with Crippen LogP contribution in [0.5, 0.6) is 5.75 Å². The number of rotatable bonds is 3. The highest BCUT2D eigenvalue weighted by Gasteiger charge is 2.51. The molecule has 0 bridgehead atoms. The summed E-state index contributed by atoms with van der Waals surface area (Å²) in [6.45, 7) is 14.2. The first-order chi connectivity index (χ1) is 11.5. The summed E-state index contributed by atoms with van der Waals surface area (Å²) in [6, 6.07) is 7.68. The van der Waals surface area contributed by atoms with Crippen LogP contribution in [0.1, 0.15) is 58.9 Å². The van der Waals surface area contributed by atoms with Crippen molar-refractivity contribution >= 4 is 13.9 Å². The lowest BCUT2D eigenvalue weighted by atomic mass is 9.68. The van der Waals surface area contributed by atoms with Crippen molar-refractivity contribution in [1.29, 1.82) is 0 Å². The Morgan fingerprint density at radius 3 is 2.36 bits per heavy atom. The first kappa shape index (κ1) is 18.7. The topological polar surface area (TPSA) is 29.5 Å². The fourth-order valence-electron chi connectivity index (χ4n) is 4.24. The van der Waals surface area contributed by atoms with E-state index in [0.717, 1.165) is 12.8 Å². The molecular weight excluding hydrogens is 324 g/mol. The van der Waals surface area contributed by atoms with Gasteiger partial charge in [0.2, 0.25) is 0 Å². The van der Waals surface area contributed by atoms with Gasteiger partial charge in [-0.2, -0.15) is 0 Å². The molecule has 3 rings (SSSR count). The molecule has 1 aromatic rings. The largest absolute Gasteiger partial charge is 0.508 e. The zero-order chi connectivity index (χ0) is 18.5. The van der Waals surface area contributed by atoms with Gasteiger partial charge in [0.1, 0.15) is 5.75 Å². The number of fused-ring (bicyclic) bond motifs is 1. The van der Waals surface area contributed by atoms with Gasteiger partial charge in [-0.3, -0.25) is 0 Å². The van der Waals surface area contributed by atoms with E-state index in [-0.39, 0.29) is 10.5 Å². The predicted molar refractivity (Wildman–Crippen MR) is 108 cm³/mol. The third-order valence-electron chi connectivity index (χ3n) is 7.18. The van der Waals surface area contributed by atoms with E-state index >= 15 is 0 Å². The van der Waals surface area contributed by atoms with Gasteiger partial charge in [0.15, 0.2) is 8.32 Å². The van der Waals surface area contributed by atoms with Crippen LogP contribution in [0.15, 0.2) is 30.3 Å². The van der Waals surface area contributed by atoms with Crippen molar-refractivity contribution in [3.8, 4) is 5.75 Å². The second-order valence-corrected chi connectivity index (χ2v) is 14.6. The predicted octanol–water partition coefficient (Wildman–Crippen LogP) is 6.38. The van der Waals surface area contributed by atoms with Gasteiger partial charge in [0.05, 0.1) is 6.10 Å². The average molecular weight is 359 g/mol. The van der Waals surface area contributed by atoms with Crippen molar-refractivity contribution in [2.24, 2.45) is 11.3 Å². The van der Waals surface area contributed by atoms with E-state index in [1.807, 2.05) is 12.1 Å².